The first kappa shape index (κ1) is 16.4. The van der Waals surface area contributed by atoms with E-state index in [1.54, 1.807) is 4.90 Å². The Balaban J connectivity index is 1.65. The number of nitrogens with one attached hydrogen (secondary N) is 1. The van der Waals surface area contributed by atoms with Crippen molar-refractivity contribution in [1.29, 1.82) is 0 Å². The van der Waals surface area contributed by atoms with Crippen LogP contribution in [0.5, 0.6) is 0 Å². The van der Waals surface area contributed by atoms with Gasteiger partial charge in [-0.05, 0) is 31.9 Å². The van der Waals surface area contributed by atoms with Crippen LogP contribution in [0.3, 0.4) is 0 Å². The lowest BCUT2D eigenvalue weighted by Crippen LogP contribution is -2.28. The Labute approximate surface area is 142 Å². The second kappa shape index (κ2) is 7.39. The van der Waals surface area contributed by atoms with Crippen LogP contribution in [0.15, 0.2) is 29.2 Å². The van der Waals surface area contributed by atoms with Crippen molar-refractivity contribution in [3.05, 3.63) is 24.3 Å². The van der Waals surface area contributed by atoms with E-state index in [9.17, 15) is 9.59 Å². The number of anilines is 1. The molecule has 1 saturated heterocycles. The lowest BCUT2D eigenvalue weighted by Gasteiger charge is -2.16. The molecule has 1 aromatic carbocycles. The highest BCUT2D eigenvalue weighted by molar-refractivity contribution is 8.00. The fraction of sp³-hybridized carbons (Fsp3) is 0.556. The molecule has 2 fully saturated rings. The number of benzene rings is 1. The van der Waals surface area contributed by atoms with Crippen LogP contribution in [0, 0.1) is 5.92 Å². The van der Waals surface area contributed by atoms with Gasteiger partial charge in [-0.15, -0.1) is 11.8 Å². The summed E-state index contributed by atoms with van der Waals surface area (Å²) in [5, 5.41) is 3.72. The average molecular weight is 332 g/mol. The van der Waals surface area contributed by atoms with Gasteiger partial charge in [-0.3, -0.25) is 9.59 Å². The van der Waals surface area contributed by atoms with Gasteiger partial charge in [-0.2, -0.15) is 0 Å². The van der Waals surface area contributed by atoms with Gasteiger partial charge in [0.05, 0.1) is 11.6 Å². The summed E-state index contributed by atoms with van der Waals surface area (Å²) >= 11 is 1.88. The summed E-state index contributed by atoms with van der Waals surface area (Å²) in [4.78, 5) is 27.2. The monoisotopic (exact) mass is 332 g/mol. The minimum Gasteiger partial charge on any atom is -0.342 e. The van der Waals surface area contributed by atoms with E-state index in [0.717, 1.165) is 10.6 Å². The van der Waals surface area contributed by atoms with Crippen molar-refractivity contribution in [1.82, 2.24) is 4.90 Å². The predicted octanol–water partition coefficient (Wildman–Crippen LogP) is 3.53. The summed E-state index contributed by atoms with van der Waals surface area (Å²) < 4.78 is 0. The van der Waals surface area contributed by atoms with Crippen LogP contribution in [0.4, 0.5) is 5.69 Å². The van der Waals surface area contributed by atoms with Crippen molar-refractivity contribution in [3.63, 3.8) is 0 Å². The molecule has 2 aliphatic rings. The van der Waals surface area contributed by atoms with Crippen molar-refractivity contribution in [2.24, 2.45) is 5.92 Å². The molecule has 2 amide bonds. The maximum absolute atomic E-state index is 12.5. The SMILES string of the molecule is CCN1CC(C(=O)Nc2ccccc2SC2CCCC2)CC1=O. The third-order valence-corrected chi connectivity index (χ3v) is 6.12. The van der Waals surface area contributed by atoms with Crippen LogP contribution < -0.4 is 5.32 Å². The number of likely N-dealkylation sites (tertiary alicyclic amines) is 1. The van der Waals surface area contributed by atoms with E-state index in [0.29, 0.717) is 24.8 Å². The van der Waals surface area contributed by atoms with Crippen LogP contribution in [-0.4, -0.2) is 35.1 Å². The minimum absolute atomic E-state index is 0.0335. The van der Waals surface area contributed by atoms with Gasteiger partial charge in [-0.25, -0.2) is 0 Å². The molecule has 1 unspecified atom stereocenters. The number of thioether (sulfide) groups is 1. The minimum atomic E-state index is -0.230. The predicted molar refractivity (Wildman–Crippen MR) is 93.5 cm³/mol. The van der Waals surface area contributed by atoms with Gasteiger partial charge in [0, 0.05) is 29.7 Å². The van der Waals surface area contributed by atoms with Crippen molar-refractivity contribution in [2.75, 3.05) is 18.4 Å². The quantitative estimate of drug-likeness (QED) is 0.897. The number of hydrogen-bond acceptors (Lipinski definition) is 3. The molecule has 1 aliphatic carbocycles. The summed E-state index contributed by atoms with van der Waals surface area (Å²) in [6.07, 6.45) is 5.47. The molecular weight excluding hydrogens is 308 g/mol. The van der Waals surface area contributed by atoms with Gasteiger partial charge in [0.2, 0.25) is 11.8 Å². The molecule has 1 aromatic rings. The van der Waals surface area contributed by atoms with Crippen molar-refractivity contribution in [3.8, 4) is 0 Å². The number of nitrogens with zero attached hydrogens (tertiary/aromatic N) is 1. The lowest BCUT2D eigenvalue weighted by molar-refractivity contribution is -0.128. The van der Waals surface area contributed by atoms with E-state index >= 15 is 0 Å². The van der Waals surface area contributed by atoms with Gasteiger partial charge in [0.15, 0.2) is 0 Å². The molecule has 0 spiro atoms. The maximum Gasteiger partial charge on any atom is 0.229 e. The number of carbonyl (C=O) groups excluding carboxylic acids is 2. The third kappa shape index (κ3) is 3.89. The van der Waals surface area contributed by atoms with Gasteiger partial charge < -0.3 is 10.2 Å². The normalized spacial score (nSPS) is 21.9. The number of amides is 2. The molecule has 1 saturated carbocycles. The van der Waals surface area contributed by atoms with Crippen LogP contribution in [0.25, 0.3) is 0 Å². The first-order valence-corrected chi connectivity index (χ1v) is 9.39. The molecule has 1 N–H and O–H groups in total. The fourth-order valence-corrected chi connectivity index (χ4v) is 4.68. The van der Waals surface area contributed by atoms with Crippen molar-refractivity contribution in [2.45, 2.75) is 49.2 Å². The first-order valence-electron chi connectivity index (χ1n) is 8.51. The smallest absolute Gasteiger partial charge is 0.229 e. The Kier molecular flexibility index (Phi) is 5.26. The molecule has 5 heteroatoms. The summed E-state index contributed by atoms with van der Waals surface area (Å²) in [7, 11) is 0. The molecule has 1 atom stereocenters. The lowest BCUT2D eigenvalue weighted by atomic mass is 10.1. The molecule has 1 aliphatic heterocycles. The van der Waals surface area contributed by atoms with Gasteiger partial charge in [0.1, 0.15) is 0 Å². The topological polar surface area (TPSA) is 49.4 Å². The van der Waals surface area contributed by atoms with Gasteiger partial charge in [0.25, 0.3) is 0 Å². The van der Waals surface area contributed by atoms with Gasteiger partial charge in [-0.1, -0.05) is 25.0 Å². The largest absolute Gasteiger partial charge is 0.342 e. The second-order valence-corrected chi connectivity index (χ2v) is 7.69. The first-order chi connectivity index (χ1) is 11.2. The molecule has 0 bridgehead atoms. The van der Waals surface area contributed by atoms with Gasteiger partial charge >= 0.3 is 0 Å². The summed E-state index contributed by atoms with van der Waals surface area (Å²) in [6.45, 7) is 3.17. The van der Waals surface area contributed by atoms with E-state index in [1.165, 1.54) is 25.7 Å². The molecule has 4 nitrogen and oxygen atoms in total. The number of para-hydroxylation sites is 1. The van der Waals surface area contributed by atoms with Crippen LogP contribution in [0.1, 0.15) is 39.0 Å². The Bertz CT molecular complexity index is 584. The third-order valence-electron chi connectivity index (χ3n) is 4.71. The fourth-order valence-electron chi connectivity index (χ4n) is 3.35. The molecule has 0 aromatic heterocycles. The van der Waals surface area contributed by atoms with Crippen molar-refractivity contribution >= 4 is 29.3 Å². The zero-order valence-electron chi connectivity index (χ0n) is 13.6. The van der Waals surface area contributed by atoms with Crippen LogP contribution in [-0.2, 0) is 9.59 Å². The number of carbonyl (C=O) groups is 2. The van der Waals surface area contributed by atoms with E-state index in [-0.39, 0.29) is 17.7 Å². The number of hydrogen-bond donors (Lipinski definition) is 1. The molecule has 1 heterocycles. The molecule has 0 radical (unpaired) electrons. The van der Waals surface area contributed by atoms with Crippen LogP contribution in [0.2, 0.25) is 0 Å². The maximum atomic E-state index is 12.5. The molecule has 23 heavy (non-hydrogen) atoms. The van der Waals surface area contributed by atoms with E-state index in [1.807, 2.05) is 36.9 Å². The highest BCUT2D eigenvalue weighted by Gasteiger charge is 2.33. The average Bonchev–Trinajstić information content (AvgIpc) is 3.18. The Morgan fingerprint density at radius 2 is 2.04 bits per heavy atom. The van der Waals surface area contributed by atoms with E-state index in [4.69, 9.17) is 0 Å². The van der Waals surface area contributed by atoms with E-state index in [2.05, 4.69) is 11.4 Å². The Morgan fingerprint density at radius 1 is 1.30 bits per heavy atom. The van der Waals surface area contributed by atoms with E-state index < -0.39 is 0 Å². The number of rotatable bonds is 5. The highest BCUT2D eigenvalue weighted by atomic mass is 32.2. The summed E-state index contributed by atoms with van der Waals surface area (Å²) in [5.41, 5.74) is 0.886. The summed E-state index contributed by atoms with van der Waals surface area (Å²) in [5.74, 6) is -0.179. The summed E-state index contributed by atoms with van der Waals surface area (Å²) in [6, 6.07) is 8.01. The zero-order chi connectivity index (χ0) is 16.2. The van der Waals surface area contributed by atoms with Crippen molar-refractivity contribution < 1.29 is 9.59 Å². The zero-order valence-corrected chi connectivity index (χ0v) is 14.4. The molecule has 124 valence electrons. The Morgan fingerprint density at radius 3 is 2.74 bits per heavy atom. The Hall–Kier alpha value is -1.49. The molecular formula is C18H24N2O2S. The second-order valence-electron chi connectivity index (χ2n) is 6.34. The molecule has 3 rings (SSSR count). The highest BCUT2D eigenvalue weighted by Crippen LogP contribution is 2.38. The standard InChI is InChI=1S/C18H24N2O2S/c1-2-20-12-13(11-17(20)21)18(22)19-15-9-5-6-10-16(15)23-14-7-3-4-8-14/h5-6,9-10,13-14H,2-4,7-8,11-12H2,1H3,(H,19,22). The van der Waals surface area contributed by atoms with Crippen LogP contribution >= 0.6 is 11.8 Å².